The second kappa shape index (κ2) is 11.0. The quantitative estimate of drug-likeness (QED) is 0.217. The van der Waals surface area contributed by atoms with Gasteiger partial charge in [-0.05, 0) is 18.4 Å². The number of ether oxygens (including phenoxy) is 1. The fourth-order valence-corrected chi connectivity index (χ4v) is 5.68. The topological polar surface area (TPSA) is 169 Å². The largest absolute Gasteiger partial charge is 0.480 e. The van der Waals surface area contributed by atoms with Gasteiger partial charge in [0.2, 0.25) is 5.82 Å². The van der Waals surface area contributed by atoms with Gasteiger partial charge in [-0.1, -0.05) is 42.5 Å². The molecule has 1 aliphatic rings. The van der Waals surface area contributed by atoms with Crippen LogP contribution in [0.3, 0.4) is 0 Å². The maximum atomic E-state index is 13.9. The van der Waals surface area contributed by atoms with E-state index in [9.17, 15) is 33.6 Å². The molecule has 2 heterocycles. The van der Waals surface area contributed by atoms with Gasteiger partial charge in [0.25, 0.3) is 5.56 Å². The van der Waals surface area contributed by atoms with Crippen LogP contribution < -0.4 is 20.9 Å². The van der Waals surface area contributed by atoms with Crippen LogP contribution in [0.5, 0.6) is 5.75 Å². The number of hydrogen-bond donors (Lipinski definition) is 4. The van der Waals surface area contributed by atoms with Crippen molar-refractivity contribution in [2.24, 2.45) is 0 Å². The molecule has 6 atom stereocenters. The minimum absolute atomic E-state index is 0.139. The van der Waals surface area contributed by atoms with Gasteiger partial charge in [-0.3, -0.25) is 23.7 Å². The van der Waals surface area contributed by atoms with Crippen molar-refractivity contribution in [2.75, 3.05) is 0 Å². The summed E-state index contributed by atoms with van der Waals surface area (Å²) >= 11 is 0. The molecule has 38 heavy (non-hydrogen) atoms. The molecule has 0 saturated carbocycles. The number of aromatic nitrogens is 2. The number of hydrogen-bond acceptors (Lipinski definition) is 8. The van der Waals surface area contributed by atoms with E-state index in [1.54, 1.807) is 41.4 Å². The second-order valence-electron chi connectivity index (χ2n) is 8.56. The summed E-state index contributed by atoms with van der Waals surface area (Å²) in [5.41, 5.74) is -2.17. The normalized spacial score (nSPS) is 22.4. The Bertz CT molecular complexity index is 1520. The van der Waals surface area contributed by atoms with Gasteiger partial charge in [0.1, 0.15) is 30.2 Å². The number of aliphatic carboxylic acids is 1. The first-order valence-electron chi connectivity index (χ1n) is 11.4. The van der Waals surface area contributed by atoms with Crippen LogP contribution in [0.4, 0.5) is 4.39 Å². The van der Waals surface area contributed by atoms with Crippen LogP contribution in [-0.4, -0.2) is 50.1 Å². The van der Waals surface area contributed by atoms with E-state index in [1.165, 1.54) is 19.1 Å². The predicted molar refractivity (Wildman–Crippen MR) is 133 cm³/mol. The average Bonchev–Trinajstić information content (AvgIpc) is 3.26. The minimum atomic E-state index is -4.49. The van der Waals surface area contributed by atoms with Gasteiger partial charge in [-0.25, -0.2) is 9.36 Å². The lowest BCUT2D eigenvalue weighted by molar-refractivity contribution is -0.138. The monoisotopic (exact) mass is 549 g/mol. The number of rotatable bonds is 10. The molecule has 3 aromatic rings. The van der Waals surface area contributed by atoms with Crippen LogP contribution in [0, 0.1) is 5.82 Å². The number of aliphatic hydroxyl groups is 1. The summed E-state index contributed by atoms with van der Waals surface area (Å²) in [5, 5.41) is 23.7. The number of carbonyl (C=O) groups is 1. The van der Waals surface area contributed by atoms with E-state index in [4.69, 9.17) is 13.8 Å². The third-order valence-corrected chi connectivity index (χ3v) is 7.54. The Morgan fingerprint density at radius 1 is 1.32 bits per heavy atom. The van der Waals surface area contributed by atoms with E-state index in [1.807, 2.05) is 0 Å². The fourth-order valence-electron chi connectivity index (χ4n) is 3.99. The van der Waals surface area contributed by atoms with Crippen LogP contribution in [-0.2, 0) is 18.6 Å². The Hall–Kier alpha value is -3.61. The van der Waals surface area contributed by atoms with E-state index in [2.05, 4.69) is 11.7 Å². The Balaban J connectivity index is 1.63. The number of aliphatic hydroxyl groups excluding tert-OH is 1. The highest BCUT2D eigenvalue weighted by Gasteiger charge is 2.44. The molecular weight excluding hydrogens is 524 g/mol. The van der Waals surface area contributed by atoms with Gasteiger partial charge in [0.05, 0.1) is 12.3 Å². The summed E-state index contributed by atoms with van der Waals surface area (Å²) < 4.78 is 45.6. The highest BCUT2D eigenvalue weighted by Crippen LogP contribution is 2.49. The van der Waals surface area contributed by atoms with Crippen molar-refractivity contribution in [1.82, 2.24) is 14.6 Å². The highest BCUT2D eigenvalue weighted by molar-refractivity contribution is 7.52. The molecule has 0 unspecified atom stereocenters. The summed E-state index contributed by atoms with van der Waals surface area (Å²) in [6.45, 7) is 4.86. The summed E-state index contributed by atoms with van der Waals surface area (Å²) in [6, 6.07) is 10.7. The molecule has 4 rings (SSSR count). The van der Waals surface area contributed by atoms with Crippen molar-refractivity contribution < 1.29 is 37.7 Å². The van der Waals surface area contributed by atoms with Crippen molar-refractivity contribution in [2.45, 2.75) is 43.9 Å². The lowest BCUT2D eigenvalue weighted by atomic mass is 10.1. The average molecular weight is 549 g/mol. The third-order valence-electron chi connectivity index (χ3n) is 5.88. The summed E-state index contributed by atoms with van der Waals surface area (Å²) in [5.74, 6) is -2.43. The molecular formula is C24H25FN3O9P. The van der Waals surface area contributed by atoms with Gasteiger partial charge in [0.15, 0.2) is 0 Å². The molecule has 0 bridgehead atoms. The number of carboxylic acids is 1. The predicted octanol–water partition coefficient (Wildman–Crippen LogP) is 2.30. The lowest BCUT2D eigenvalue weighted by Gasteiger charge is -2.29. The van der Waals surface area contributed by atoms with E-state index in [-0.39, 0.29) is 12.2 Å². The fraction of sp³-hybridized carbons (Fsp3) is 0.292. The Morgan fingerprint density at radius 2 is 2.03 bits per heavy atom. The van der Waals surface area contributed by atoms with Gasteiger partial charge in [0, 0.05) is 11.8 Å². The maximum absolute atomic E-state index is 13.9. The zero-order chi connectivity index (χ0) is 27.6. The van der Waals surface area contributed by atoms with Crippen LogP contribution >= 0.6 is 7.75 Å². The van der Waals surface area contributed by atoms with Crippen molar-refractivity contribution in [3.05, 3.63) is 88.0 Å². The van der Waals surface area contributed by atoms with Crippen LogP contribution in [0.15, 0.2) is 70.9 Å². The van der Waals surface area contributed by atoms with Crippen LogP contribution in [0.25, 0.3) is 10.8 Å². The number of nitrogens with one attached hydrogen (secondary N) is 2. The molecule has 12 nitrogen and oxygen atoms in total. The van der Waals surface area contributed by atoms with E-state index >= 15 is 0 Å². The number of carboxylic acid groups (broad SMARTS) is 1. The molecule has 1 fully saturated rings. The SMILES string of the molecule is C=C[C@@H](O[P@](=O)(N[C@@H](C)C(=O)O)Oc1cccc2ccccc12)[C@H]1O[C@@H](n2cc(F)c(=O)[nH]c2=O)C[C@@H]1O. The van der Waals surface area contributed by atoms with Crippen molar-refractivity contribution in [1.29, 1.82) is 0 Å². The molecule has 202 valence electrons. The molecule has 1 saturated heterocycles. The Morgan fingerprint density at radius 3 is 2.74 bits per heavy atom. The van der Waals surface area contributed by atoms with Crippen molar-refractivity contribution >= 4 is 24.5 Å². The Labute approximate surface area is 214 Å². The molecule has 0 spiro atoms. The second-order valence-corrected chi connectivity index (χ2v) is 10.2. The van der Waals surface area contributed by atoms with Crippen LogP contribution in [0.2, 0.25) is 0 Å². The maximum Gasteiger partial charge on any atom is 0.460 e. The van der Waals surface area contributed by atoms with Crippen LogP contribution in [0.1, 0.15) is 19.6 Å². The van der Waals surface area contributed by atoms with Crippen molar-refractivity contribution in [3.8, 4) is 5.75 Å². The van der Waals surface area contributed by atoms with E-state index in [0.29, 0.717) is 11.6 Å². The number of halogens is 1. The highest BCUT2D eigenvalue weighted by atomic mass is 31.2. The smallest absolute Gasteiger partial charge is 0.460 e. The first-order valence-corrected chi connectivity index (χ1v) is 13.0. The molecule has 4 N–H and O–H groups in total. The molecule has 2 aromatic carbocycles. The standard InChI is InChI=1S/C24H25FN3O9P/c1-3-18(21-17(29)11-20(35-21)28-12-16(25)22(30)26-24(28)33)36-38(34,27-13(2)23(31)32)37-19-10-6-8-14-7-4-5-9-15(14)19/h3-10,12-13,17-18,20-21,29H,1,11H2,2H3,(H,27,34)(H,31,32)(H,26,30,33)/t13-,17-,18+,20+,21-,38+/m0/s1. The first-order chi connectivity index (χ1) is 18.0. The van der Waals surface area contributed by atoms with E-state index in [0.717, 1.165) is 9.95 Å². The number of benzene rings is 2. The number of H-pyrrole nitrogens is 1. The minimum Gasteiger partial charge on any atom is -0.480 e. The van der Waals surface area contributed by atoms with E-state index < -0.39 is 61.4 Å². The van der Waals surface area contributed by atoms with Crippen molar-refractivity contribution in [3.63, 3.8) is 0 Å². The third kappa shape index (κ3) is 5.77. The lowest BCUT2D eigenvalue weighted by Crippen LogP contribution is -2.39. The molecule has 0 amide bonds. The summed E-state index contributed by atoms with van der Waals surface area (Å²) in [4.78, 5) is 36.8. The zero-order valence-corrected chi connectivity index (χ0v) is 20.9. The Kier molecular flexibility index (Phi) is 7.95. The molecule has 1 aromatic heterocycles. The van der Waals surface area contributed by atoms with Gasteiger partial charge in [-0.2, -0.15) is 9.48 Å². The van der Waals surface area contributed by atoms with Gasteiger partial charge >= 0.3 is 19.4 Å². The molecule has 14 heteroatoms. The first kappa shape index (κ1) is 27.4. The number of aromatic amines is 1. The van der Waals surface area contributed by atoms with Gasteiger partial charge in [-0.15, -0.1) is 6.58 Å². The van der Waals surface area contributed by atoms with Gasteiger partial charge < -0.3 is 19.5 Å². The zero-order valence-electron chi connectivity index (χ0n) is 20.0. The molecule has 0 radical (unpaired) electrons. The summed E-state index contributed by atoms with van der Waals surface area (Å²) in [7, 11) is -4.49. The molecule has 0 aliphatic carbocycles. The molecule has 1 aliphatic heterocycles. The number of nitrogens with zero attached hydrogens (tertiary/aromatic N) is 1. The number of fused-ring (bicyclic) bond motifs is 1. The summed E-state index contributed by atoms with van der Waals surface area (Å²) in [6.07, 6.45) is -3.53.